The van der Waals surface area contributed by atoms with E-state index >= 15 is 0 Å². The number of halogens is 3. The van der Waals surface area contributed by atoms with Gasteiger partial charge in [0.15, 0.2) is 6.04 Å². The van der Waals surface area contributed by atoms with Gasteiger partial charge in [-0.25, -0.2) is 4.79 Å². The number of carbonyl (C=O) groups excluding carboxylic acids is 1. The molecule has 1 rings (SSSR count). The van der Waals surface area contributed by atoms with E-state index < -0.39 is 18.2 Å². The van der Waals surface area contributed by atoms with Crippen molar-refractivity contribution in [2.45, 2.75) is 12.2 Å². The molecule has 0 spiro atoms. The lowest BCUT2D eigenvalue weighted by Crippen LogP contribution is -2.42. The van der Waals surface area contributed by atoms with Crippen molar-refractivity contribution in [3.05, 3.63) is 0 Å². The second-order valence-corrected chi connectivity index (χ2v) is 2.08. The molecular formula is C5H4F3N2O. The van der Waals surface area contributed by atoms with E-state index in [1.165, 1.54) is 0 Å². The molecule has 0 aromatic carbocycles. The van der Waals surface area contributed by atoms with E-state index in [-0.39, 0.29) is 0 Å². The van der Waals surface area contributed by atoms with Crippen molar-refractivity contribution >= 4 is 12.2 Å². The van der Waals surface area contributed by atoms with Gasteiger partial charge in [-0.3, -0.25) is 0 Å². The summed E-state index contributed by atoms with van der Waals surface area (Å²) < 4.78 is 35.6. The van der Waals surface area contributed by atoms with Crippen LogP contribution in [0.25, 0.3) is 0 Å². The number of urea groups is 1. The van der Waals surface area contributed by atoms with Crippen molar-refractivity contribution in [1.82, 2.24) is 4.90 Å². The summed E-state index contributed by atoms with van der Waals surface area (Å²) in [6, 6.07) is -2.89. The third-order valence-electron chi connectivity index (χ3n) is 1.28. The number of nitrogens with zero attached hydrogens (tertiary/aromatic N) is 2. The van der Waals surface area contributed by atoms with E-state index in [0.29, 0.717) is 4.90 Å². The number of hydrogen-bond acceptors (Lipinski definition) is 1. The van der Waals surface area contributed by atoms with Gasteiger partial charge in [-0.15, -0.1) is 0 Å². The Morgan fingerprint density at radius 2 is 2.18 bits per heavy atom. The van der Waals surface area contributed by atoms with E-state index in [4.69, 9.17) is 0 Å². The van der Waals surface area contributed by atoms with E-state index in [1.807, 2.05) is 0 Å². The van der Waals surface area contributed by atoms with Gasteiger partial charge in [0.25, 0.3) is 0 Å². The molecule has 61 valence electrons. The second-order valence-electron chi connectivity index (χ2n) is 2.08. The molecule has 0 aromatic heterocycles. The molecule has 0 aromatic rings. The van der Waals surface area contributed by atoms with Crippen molar-refractivity contribution in [2.75, 3.05) is 7.05 Å². The van der Waals surface area contributed by atoms with Gasteiger partial charge >= 0.3 is 12.2 Å². The minimum Gasteiger partial charge on any atom is -0.308 e. The van der Waals surface area contributed by atoms with Crippen LogP contribution in [0.1, 0.15) is 0 Å². The summed E-state index contributed by atoms with van der Waals surface area (Å²) >= 11 is 0. The molecule has 1 atom stereocenters. The highest BCUT2D eigenvalue weighted by Crippen LogP contribution is 2.25. The van der Waals surface area contributed by atoms with Gasteiger partial charge in [0.05, 0.1) is 0 Å². The molecule has 1 unspecified atom stereocenters. The van der Waals surface area contributed by atoms with Crippen LogP contribution < -0.4 is 0 Å². The molecule has 1 aliphatic rings. The highest BCUT2D eigenvalue weighted by atomic mass is 19.4. The number of aliphatic imine (C=N–C) groups is 1. The normalized spacial score (nSPS) is 24.9. The van der Waals surface area contributed by atoms with Crippen LogP contribution in [0, 0.1) is 0 Å². The van der Waals surface area contributed by atoms with Crippen molar-refractivity contribution in [3.63, 3.8) is 0 Å². The second kappa shape index (κ2) is 2.21. The first-order valence-electron chi connectivity index (χ1n) is 2.72. The molecule has 2 amide bonds. The van der Waals surface area contributed by atoms with Gasteiger partial charge < -0.3 is 4.90 Å². The molecule has 0 fully saturated rings. The molecule has 0 saturated heterocycles. The summed E-state index contributed by atoms with van der Waals surface area (Å²) in [4.78, 5) is 13.8. The predicted molar refractivity (Wildman–Crippen MR) is 30.4 cm³/mol. The van der Waals surface area contributed by atoms with Crippen molar-refractivity contribution < 1.29 is 18.0 Å². The van der Waals surface area contributed by atoms with Crippen LogP contribution in [0.3, 0.4) is 0 Å². The maximum Gasteiger partial charge on any atom is 0.414 e. The topological polar surface area (TPSA) is 32.7 Å². The molecule has 0 aliphatic carbocycles. The third-order valence-corrected chi connectivity index (χ3v) is 1.28. The Labute approximate surface area is 60.5 Å². The fraction of sp³-hybridized carbons (Fsp3) is 0.600. The number of carbonyl (C=O) groups is 1. The van der Waals surface area contributed by atoms with E-state index in [9.17, 15) is 18.0 Å². The Hall–Kier alpha value is -1.07. The monoisotopic (exact) mass is 165 g/mol. The molecule has 1 radical (unpaired) electrons. The van der Waals surface area contributed by atoms with E-state index in [0.717, 1.165) is 7.05 Å². The highest BCUT2D eigenvalue weighted by molar-refractivity contribution is 5.93. The summed E-state index contributed by atoms with van der Waals surface area (Å²) in [5, 5.41) is 0. The molecule has 0 bridgehead atoms. The van der Waals surface area contributed by atoms with Crippen molar-refractivity contribution in [3.8, 4) is 0 Å². The largest absolute Gasteiger partial charge is 0.414 e. The summed E-state index contributed by atoms with van der Waals surface area (Å²) in [7, 11) is 1.03. The van der Waals surface area contributed by atoms with Crippen molar-refractivity contribution in [1.29, 1.82) is 0 Å². The van der Waals surface area contributed by atoms with Gasteiger partial charge in [0.2, 0.25) is 0 Å². The molecule has 1 heterocycles. The summed E-state index contributed by atoms with van der Waals surface area (Å²) in [5.41, 5.74) is 0. The van der Waals surface area contributed by atoms with Crippen LogP contribution in [0.2, 0.25) is 0 Å². The summed E-state index contributed by atoms with van der Waals surface area (Å²) in [5.74, 6) is 0. The minimum atomic E-state index is -4.47. The summed E-state index contributed by atoms with van der Waals surface area (Å²) in [6.45, 7) is 0. The lowest BCUT2D eigenvalue weighted by Gasteiger charge is -2.19. The van der Waals surface area contributed by atoms with Crippen molar-refractivity contribution in [2.24, 2.45) is 4.99 Å². The lowest BCUT2D eigenvalue weighted by molar-refractivity contribution is -0.151. The molecular weight excluding hydrogens is 161 g/mol. The number of rotatable bonds is 0. The van der Waals surface area contributed by atoms with Gasteiger partial charge in [0, 0.05) is 7.05 Å². The molecule has 6 heteroatoms. The Bertz CT molecular complexity index is 210. The average Bonchev–Trinajstić information content (AvgIpc) is 2.11. The van der Waals surface area contributed by atoms with Crippen LogP contribution in [-0.2, 0) is 0 Å². The zero-order valence-electron chi connectivity index (χ0n) is 5.51. The van der Waals surface area contributed by atoms with Gasteiger partial charge in [-0.1, -0.05) is 0 Å². The Balaban J connectivity index is 2.78. The van der Waals surface area contributed by atoms with E-state index in [2.05, 4.69) is 4.99 Å². The molecule has 1 aliphatic heterocycles. The number of hydrogen-bond donors (Lipinski definition) is 0. The van der Waals surface area contributed by atoms with Gasteiger partial charge in [0.1, 0.15) is 6.21 Å². The maximum absolute atomic E-state index is 11.9. The first kappa shape index (κ1) is 8.03. The van der Waals surface area contributed by atoms with Crippen LogP contribution >= 0.6 is 0 Å². The Morgan fingerprint density at radius 3 is 2.36 bits per heavy atom. The fourth-order valence-electron chi connectivity index (χ4n) is 0.685. The zero-order valence-corrected chi connectivity index (χ0v) is 5.51. The lowest BCUT2D eigenvalue weighted by atomic mass is 10.3. The van der Waals surface area contributed by atoms with Crippen LogP contribution in [-0.4, -0.2) is 36.4 Å². The third kappa shape index (κ3) is 1.33. The van der Waals surface area contributed by atoms with Crippen LogP contribution in [0.5, 0.6) is 0 Å². The molecule has 3 nitrogen and oxygen atoms in total. The minimum absolute atomic E-state index is 0.486. The maximum atomic E-state index is 11.9. The highest BCUT2D eigenvalue weighted by Gasteiger charge is 2.46. The van der Waals surface area contributed by atoms with Crippen LogP contribution in [0.4, 0.5) is 18.0 Å². The number of alkyl halides is 3. The molecule has 0 N–H and O–H groups in total. The Morgan fingerprint density at radius 1 is 1.64 bits per heavy atom. The van der Waals surface area contributed by atoms with E-state index in [1.54, 1.807) is 6.21 Å². The SMILES string of the molecule is CN1C(=O)N=[C]C1C(F)(F)F. The van der Waals surface area contributed by atoms with Crippen LogP contribution in [0.15, 0.2) is 4.99 Å². The van der Waals surface area contributed by atoms with Gasteiger partial charge in [-0.2, -0.15) is 18.2 Å². The Kier molecular flexibility index (Phi) is 1.62. The first-order chi connectivity index (χ1) is 4.93. The quantitative estimate of drug-likeness (QED) is 0.525. The number of amides is 2. The smallest absolute Gasteiger partial charge is 0.308 e. The summed E-state index contributed by atoms with van der Waals surface area (Å²) in [6.07, 6.45) is -2.80. The molecule has 0 saturated carbocycles. The molecule has 11 heavy (non-hydrogen) atoms. The predicted octanol–water partition coefficient (Wildman–Crippen LogP) is 0.930. The zero-order chi connectivity index (χ0) is 8.65. The first-order valence-corrected chi connectivity index (χ1v) is 2.72. The fourth-order valence-corrected chi connectivity index (χ4v) is 0.685. The standard InChI is InChI=1S/C5H4F3N2O/c1-10-3(5(6,7)8)2-9-4(10)11/h3H,1H3. The average molecular weight is 165 g/mol. The van der Waals surface area contributed by atoms with Gasteiger partial charge in [-0.05, 0) is 0 Å².